The molecule has 0 aliphatic carbocycles. The summed E-state index contributed by atoms with van der Waals surface area (Å²) in [6.07, 6.45) is 0.478. The highest BCUT2D eigenvalue weighted by Gasteiger charge is 2.35. The zero-order chi connectivity index (χ0) is 16.3. The first-order chi connectivity index (χ1) is 10.5. The van der Waals surface area contributed by atoms with E-state index in [2.05, 4.69) is 0 Å². The van der Waals surface area contributed by atoms with Crippen molar-refractivity contribution < 1.29 is 14.3 Å². The van der Waals surface area contributed by atoms with Crippen LogP contribution in [0.15, 0.2) is 24.3 Å². The summed E-state index contributed by atoms with van der Waals surface area (Å²) < 4.78 is 5.33. The van der Waals surface area contributed by atoms with Gasteiger partial charge in [-0.1, -0.05) is 26.0 Å². The van der Waals surface area contributed by atoms with Crippen LogP contribution in [0, 0.1) is 5.92 Å². The average molecular weight is 304 g/mol. The first-order valence-corrected chi connectivity index (χ1v) is 7.69. The first kappa shape index (κ1) is 16.3. The summed E-state index contributed by atoms with van der Waals surface area (Å²) in [7, 11) is 1.59. The van der Waals surface area contributed by atoms with Gasteiger partial charge in [0.1, 0.15) is 11.8 Å². The molecule has 2 rings (SSSR count). The van der Waals surface area contributed by atoms with Gasteiger partial charge in [0.05, 0.1) is 12.8 Å². The van der Waals surface area contributed by atoms with Crippen molar-refractivity contribution >= 4 is 17.5 Å². The van der Waals surface area contributed by atoms with Crippen LogP contribution in [0.2, 0.25) is 0 Å². The molecule has 120 valence electrons. The number of nitrogens with zero attached hydrogens (tertiary/aromatic N) is 2. The number of anilines is 1. The molecule has 1 atom stereocenters. The molecule has 1 aromatic carbocycles. The van der Waals surface area contributed by atoms with Crippen molar-refractivity contribution in [2.75, 3.05) is 25.1 Å². The number of carbonyl (C=O) groups is 2. The quantitative estimate of drug-likeness (QED) is 0.857. The highest BCUT2D eigenvalue weighted by molar-refractivity contribution is 6.01. The van der Waals surface area contributed by atoms with Crippen LogP contribution < -0.4 is 9.64 Å². The van der Waals surface area contributed by atoms with Gasteiger partial charge in [-0.2, -0.15) is 0 Å². The van der Waals surface area contributed by atoms with Crippen LogP contribution in [0.25, 0.3) is 0 Å². The number of amides is 2. The van der Waals surface area contributed by atoms with Crippen molar-refractivity contribution in [3.8, 4) is 5.75 Å². The zero-order valence-corrected chi connectivity index (χ0v) is 13.7. The summed E-state index contributed by atoms with van der Waals surface area (Å²) in [6, 6.07) is 7.02. The lowest BCUT2D eigenvalue weighted by atomic mass is 10.1. The van der Waals surface area contributed by atoms with Crippen molar-refractivity contribution in [2.45, 2.75) is 33.2 Å². The minimum Gasteiger partial charge on any atom is -0.495 e. The number of methoxy groups -OCH3 is 1. The highest BCUT2D eigenvalue weighted by atomic mass is 16.5. The monoisotopic (exact) mass is 304 g/mol. The Kier molecular flexibility index (Phi) is 5.06. The molecule has 0 unspecified atom stereocenters. The molecule has 0 bridgehead atoms. The predicted molar refractivity (Wildman–Crippen MR) is 86.0 cm³/mol. The Hall–Kier alpha value is -2.04. The van der Waals surface area contributed by atoms with Gasteiger partial charge in [-0.05, 0) is 25.0 Å². The van der Waals surface area contributed by atoms with Gasteiger partial charge in [0.15, 0.2) is 0 Å². The smallest absolute Gasteiger partial charge is 0.249 e. The normalized spacial score (nSPS) is 18.8. The Labute approximate surface area is 131 Å². The maximum Gasteiger partial charge on any atom is 0.249 e. The van der Waals surface area contributed by atoms with Gasteiger partial charge in [0.2, 0.25) is 11.8 Å². The lowest BCUT2D eigenvalue weighted by Crippen LogP contribution is -2.58. The second-order valence-electron chi connectivity index (χ2n) is 6.02. The Morgan fingerprint density at radius 3 is 2.64 bits per heavy atom. The van der Waals surface area contributed by atoms with Crippen LogP contribution in [0.4, 0.5) is 5.69 Å². The van der Waals surface area contributed by atoms with E-state index in [9.17, 15) is 9.59 Å². The third-order valence-corrected chi connectivity index (χ3v) is 3.93. The maximum atomic E-state index is 12.7. The fourth-order valence-electron chi connectivity index (χ4n) is 2.77. The highest BCUT2D eigenvalue weighted by Crippen LogP contribution is 2.30. The van der Waals surface area contributed by atoms with Crippen LogP contribution in [-0.2, 0) is 9.59 Å². The number of ether oxygens (including phenoxy) is 1. The second-order valence-corrected chi connectivity index (χ2v) is 6.02. The zero-order valence-electron chi connectivity index (χ0n) is 13.7. The van der Waals surface area contributed by atoms with Crippen molar-refractivity contribution in [1.82, 2.24) is 4.90 Å². The molecular formula is C17H24N2O3. The minimum absolute atomic E-state index is 0.0514. The number of carbonyl (C=O) groups excluding carboxylic acids is 2. The molecule has 0 spiro atoms. The van der Waals surface area contributed by atoms with E-state index in [0.717, 1.165) is 5.69 Å². The summed E-state index contributed by atoms with van der Waals surface area (Å²) >= 11 is 0. The largest absolute Gasteiger partial charge is 0.495 e. The Bertz CT molecular complexity index is 557. The molecule has 0 saturated carbocycles. The van der Waals surface area contributed by atoms with Crippen molar-refractivity contribution in [2.24, 2.45) is 5.92 Å². The molecule has 1 aliphatic rings. The molecule has 5 heteroatoms. The summed E-state index contributed by atoms with van der Waals surface area (Å²) in [5, 5.41) is 0. The number of benzene rings is 1. The molecule has 5 nitrogen and oxygen atoms in total. The van der Waals surface area contributed by atoms with E-state index in [1.807, 2.05) is 38.1 Å². The Balaban J connectivity index is 2.17. The van der Waals surface area contributed by atoms with E-state index in [4.69, 9.17) is 4.74 Å². The third-order valence-electron chi connectivity index (χ3n) is 3.93. The van der Waals surface area contributed by atoms with Gasteiger partial charge in [-0.3, -0.25) is 9.59 Å². The van der Waals surface area contributed by atoms with Gasteiger partial charge in [0, 0.05) is 19.5 Å². The topological polar surface area (TPSA) is 49.9 Å². The summed E-state index contributed by atoms with van der Waals surface area (Å²) in [6.45, 7) is 6.86. The van der Waals surface area contributed by atoms with E-state index < -0.39 is 6.04 Å². The minimum atomic E-state index is -0.440. The van der Waals surface area contributed by atoms with Gasteiger partial charge < -0.3 is 14.5 Å². The number of piperazine rings is 1. The number of rotatable bonds is 4. The van der Waals surface area contributed by atoms with Crippen molar-refractivity contribution in [3.05, 3.63) is 24.3 Å². The van der Waals surface area contributed by atoms with Crippen molar-refractivity contribution in [1.29, 1.82) is 0 Å². The summed E-state index contributed by atoms with van der Waals surface area (Å²) in [4.78, 5) is 28.3. The van der Waals surface area contributed by atoms with E-state index >= 15 is 0 Å². The van der Waals surface area contributed by atoms with Crippen molar-refractivity contribution in [3.63, 3.8) is 0 Å². The van der Waals surface area contributed by atoms with E-state index in [0.29, 0.717) is 31.2 Å². The fraction of sp³-hybridized carbons (Fsp3) is 0.529. The van der Waals surface area contributed by atoms with E-state index in [1.165, 1.54) is 0 Å². The molecule has 1 saturated heterocycles. The van der Waals surface area contributed by atoms with Gasteiger partial charge in [-0.25, -0.2) is 0 Å². The third kappa shape index (κ3) is 3.24. The second kappa shape index (κ2) is 6.81. The molecule has 0 radical (unpaired) electrons. The van der Waals surface area contributed by atoms with E-state index in [-0.39, 0.29) is 11.8 Å². The number of para-hydroxylation sites is 2. The van der Waals surface area contributed by atoms with Crippen LogP contribution >= 0.6 is 0 Å². The summed E-state index contributed by atoms with van der Waals surface area (Å²) in [5.74, 6) is 0.954. The molecule has 1 aromatic rings. The van der Waals surface area contributed by atoms with E-state index in [1.54, 1.807) is 23.8 Å². The average Bonchev–Trinajstić information content (AvgIpc) is 2.49. The van der Waals surface area contributed by atoms with Crippen LogP contribution in [0.1, 0.15) is 27.2 Å². The number of hydrogen-bond donors (Lipinski definition) is 0. The predicted octanol–water partition coefficient (Wildman–Crippen LogP) is 2.30. The Morgan fingerprint density at radius 2 is 2.00 bits per heavy atom. The number of hydrogen-bond acceptors (Lipinski definition) is 3. The summed E-state index contributed by atoms with van der Waals surface area (Å²) in [5.41, 5.74) is 0.762. The first-order valence-electron chi connectivity index (χ1n) is 7.69. The molecule has 0 N–H and O–H groups in total. The van der Waals surface area contributed by atoms with Gasteiger partial charge in [0.25, 0.3) is 0 Å². The fourth-order valence-corrected chi connectivity index (χ4v) is 2.77. The van der Waals surface area contributed by atoms with Crippen LogP contribution in [-0.4, -0.2) is 43.0 Å². The lowest BCUT2D eigenvalue weighted by molar-refractivity contribution is -0.141. The standard InChI is InChI=1S/C17H24N2O3/c1-12(2)11-16(20)18-9-10-19(17(21)13(18)3)14-7-5-6-8-15(14)22-4/h5-8,12-13H,9-11H2,1-4H3/t13-/m1/s1. The molecular weight excluding hydrogens is 280 g/mol. The van der Waals surface area contributed by atoms with Crippen LogP contribution in [0.3, 0.4) is 0 Å². The molecule has 0 aromatic heterocycles. The Morgan fingerprint density at radius 1 is 1.32 bits per heavy atom. The maximum absolute atomic E-state index is 12.7. The SMILES string of the molecule is COc1ccccc1N1CCN(C(=O)CC(C)C)[C@H](C)C1=O. The molecule has 1 heterocycles. The molecule has 22 heavy (non-hydrogen) atoms. The molecule has 2 amide bonds. The van der Waals surface area contributed by atoms with Gasteiger partial charge >= 0.3 is 0 Å². The lowest BCUT2D eigenvalue weighted by Gasteiger charge is -2.39. The molecule has 1 aliphatic heterocycles. The molecule has 1 fully saturated rings. The van der Waals surface area contributed by atoms with Crippen LogP contribution in [0.5, 0.6) is 5.75 Å². The van der Waals surface area contributed by atoms with Gasteiger partial charge in [-0.15, -0.1) is 0 Å².